The van der Waals surface area contributed by atoms with E-state index in [2.05, 4.69) is 9.88 Å². The molecule has 0 saturated heterocycles. The van der Waals surface area contributed by atoms with Crippen LogP contribution in [-0.4, -0.2) is 23.0 Å². The van der Waals surface area contributed by atoms with Gasteiger partial charge in [0.15, 0.2) is 0 Å². The highest BCUT2D eigenvalue weighted by molar-refractivity contribution is 7.09. The minimum Gasteiger partial charge on any atom is -0.492 e. The van der Waals surface area contributed by atoms with Crippen LogP contribution in [0.25, 0.3) is 0 Å². The Hall–Kier alpha value is -2.09. The quantitative estimate of drug-likeness (QED) is 0.448. The van der Waals surface area contributed by atoms with E-state index in [0.29, 0.717) is 37.0 Å². The molecule has 28 heavy (non-hydrogen) atoms. The summed E-state index contributed by atoms with van der Waals surface area (Å²) in [5.41, 5.74) is 2.09. The highest BCUT2D eigenvalue weighted by Crippen LogP contribution is 2.30. The van der Waals surface area contributed by atoms with Crippen LogP contribution in [0, 0.1) is 0 Å². The Labute approximate surface area is 170 Å². The van der Waals surface area contributed by atoms with Gasteiger partial charge >= 0.3 is 6.18 Å². The third-order valence-corrected chi connectivity index (χ3v) is 5.21. The minimum atomic E-state index is -4.35. The molecule has 0 fully saturated rings. The second kappa shape index (κ2) is 9.41. The molecule has 0 saturated carbocycles. The topological polar surface area (TPSA) is 25.4 Å². The van der Waals surface area contributed by atoms with Crippen LogP contribution in [0.3, 0.4) is 0 Å². The summed E-state index contributed by atoms with van der Waals surface area (Å²) >= 11 is 7.84. The fourth-order valence-corrected chi connectivity index (χ4v) is 3.49. The van der Waals surface area contributed by atoms with Gasteiger partial charge in [-0.2, -0.15) is 13.2 Å². The first-order valence-electron chi connectivity index (χ1n) is 8.55. The van der Waals surface area contributed by atoms with Gasteiger partial charge in [-0.3, -0.25) is 9.88 Å². The fraction of sp³-hybridized carbons (Fsp3) is 0.250. The Bertz CT molecular complexity index is 870. The third-order valence-electron chi connectivity index (χ3n) is 4.07. The van der Waals surface area contributed by atoms with Gasteiger partial charge in [-0.1, -0.05) is 29.8 Å². The SMILES string of the molecule is FC(F)(F)c1ccc(OCCN(Cc2cncs2)Cc2ccccc2Cl)cc1. The molecule has 0 N–H and O–H groups in total. The summed E-state index contributed by atoms with van der Waals surface area (Å²) in [5.74, 6) is 0.406. The van der Waals surface area contributed by atoms with Crippen molar-refractivity contribution in [3.05, 3.63) is 81.3 Å². The molecule has 3 aromatic rings. The normalized spacial score (nSPS) is 11.8. The van der Waals surface area contributed by atoms with Gasteiger partial charge in [-0.15, -0.1) is 11.3 Å². The number of nitrogens with zero attached hydrogens (tertiary/aromatic N) is 2. The summed E-state index contributed by atoms with van der Waals surface area (Å²) < 4.78 is 43.5. The first kappa shape index (κ1) is 20.6. The summed E-state index contributed by atoms with van der Waals surface area (Å²) in [6, 6.07) is 12.4. The van der Waals surface area contributed by atoms with E-state index in [-0.39, 0.29) is 0 Å². The maximum Gasteiger partial charge on any atom is 0.416 e. The van der Waals surface area contributed by atoms with Crippen molar-refractivity contribution in [1.29, 1.82) is 0 Å². The zero-order valence-electron chi connectivity index (χ0n) is 14.8. The Balaban J connectivity index is 1.60. The van der Waals surface area contributed by atoms with E-state index in [4.69, 9.17) is 16.3 Å². The Morgan fingerprint density at radius 1 is 1.04 bits per heavy atom. The zero-order valence-corrected chi connectivity index (χ0v) is 16.4. The molecule has 148 valence electrons. The molecule has 3 nitrogen and oxygen atoms in total. The number of ether oxygens (including phenoxy) is 1. The summed E-state index contributed by atoms with van der Waals surface area (Å²) in [4.78, 5) is 7.38. The first-order valence-corrected chi connectivity index (χ1v) is 9.81. The van der Waals surface area contributed by atoms with Crippen LogP contribution in [0.2, 0.25) is 5.02 Å². The van der Waals surface area contributed by atoms with Crippen molar-refractivity contribution in [3.8, 4) is 5.75 Å². The largest absolute Gasteiger partial charge is 0.492 e. The Morgan fingerprint density at radius 2 is 1.79 bits per heavy atom. The molecule has 0 amide bonds. The molecule has 0 atom stereocenters. The molecular weight excluding hydrogens is 409 g/mol. The lowest BCUT2D eigenvalue weighted by molar-refractivity contribution is -0.137. The second-order valence-electron chi connectivity index (χ2n) is 6.14. The number of alkyl halides is 3. The van der Waals surface area contributed by atoms with Crippen molar-refractivity contribution >= 4 is 22.9 Å². The summed E-state index contributed by atoms with van der Waals surface area (Å²) in [6.07, 6.45) is -2.53. The highest BCUT2D eigenvalue weighted by Gasteiger charge is 2.30. The van der Waals surface area contributed by atoms with Crippen LogP contribution >= 0.6 is 22.9 Å². The van der Waals surface area contributed by atoms with Crippen LogP contribution in [0.15, 0.2) is 60.2 Å². The van der Waals surface area contributed by atoms with Gasteiger partial charge in [-0.25, -0.2) is 0 Å². The van der Waals surface area contributed by atoms with Gasteiger partial charge < -0.3 is 4.74 Å². The number of hydrogen-bond donors (Lipinski definition) is 0. The van der Waals surface area contributed by atoms with E-state index in [0.717, 1.165) is 22.6 Å². The molecule has 3 rings (SSSR count). The van der Waals surface area contributed by atoms with E-state index >= 15 is 0 Å². The second-order valence-corrected chi connectivity index (χ2v) is 7.52. The lowest BCUT2D eigenvalue weighted by Crippen LogP contribution is -2.27. The molecule has 2 aromatic carbocycles. The maximum absolute atomic E-state index is 12.6. The maximum atomic E-state index is 12.6. The van der Waals surface area contributed by atoms with Crippen LogP contribution < -0.4 is 4.74 Å². The van der Waals surface area contributed by atoms with Crippen LogP contribution in [0.1, 0.15) is 16.0 Å². The summed E-state index contributed by atoms with van der Waals surface area (Å²) in [5, 5.41) is 0.695. The van der Waals surface area contributed by atoms with E-state index in [9.17, 15) is 13.2 Å². The predicted octanol–water partition coefficient (Wildman–Crippen LogP) is 5.90. The van der Waals surface area contributed by atoms with Gasteiger partial charge in [-0.05, 0) is 35.9 Å². The van der Waals surface area contributed by atoms with Gasteiger partial charge in [0.1, 0.15) is 12.4 Å². The zero-order chi connectivity index (χ0) is 20.0. The molecule has 0 aliphatic heterocycles. The predicted molar refractivity (Wildman–Crippen MR) is 105 cm³/mol. The molecular formula is C20H18ClF3N2OS. The Morgan fingerprint density at radius 3 is 2.43 bits per heavy atom. The third kappa shape index (κ3) is 5.95. The highest BCUT2D eigenvalue weighted by atomic mass is 35.5. The van der Waals surface area contributed by atoms with Crippen LogP contribution in [0.5, 0.6) is 5.75 Å². The van der Waals surface area contributed by atoms with Gasteiger partial charge in [0.25, 0.3) is 0 Å². The molecule has 0 unspecified atom stereocenters. The first-order chi connectivity index (χ1) is 13.4. The average molecular weight is 427 g/mol. The van der Waals surface area contributed by atoms with E-state index in [1.165, 1.54) is 12.1 Å². The van der Waals surface area contributed by atoms with E-state index in [1.807, 2.05) is 30.5 Å². The summed E-state index contributed by atoms with van der Waals surface area (Å²) in [7, 11) is 0. The lowest BCUT2D eigenvalue weighted by atomic mass is 10.2. The number of aromatic nitrogens is 1. The Kier molecular flexibility index (Phi) is 6.93. The summed E-state index contributed by atoms with van der Waals surface area (Å²) in [6.45, 7) is 2.25. The standard InChI is InChI=1S/C20H18ClF3N2OS/c21-19-4-2-1-3-15(19)12-26(13-18-11-25-14-28-18)9-10-27-17-7-5-16(6-8-17)20(22,23)24/h1-8,11,14H,9-10,12-13H2. The number of benzene rings is 2. The van der Waals surface area contributed by atoms with Crippen molar-refractivity contribution in [2.24, 2.45) is 0 Å². The van der Waals surface area contributed by atoms with Gasteiger partial charge in [0.05, 0.1) is 11.1 Å². The molecule has 0 bridgehead atoms. The minimum absolute atomic E-state index is 0.342. The van der Waals surface area contributed by atoms with Crippen molar-refractivity contribution in [2.45, 2.75) is 19.3 Å². The van der Waals surface area contributed by atoms with E-state index in [1.54, 1.807) is 16.8 Å². The van der Waals surface area contributed by atoms with Crippen molar-refractivity contribution in [1.82, 2.24) is 9.88 Å². The number of rotatable bonds is 8. The number of thiazole rings is 1. The van der Waals surface area contributed by atoms with Gasteiger partial charge in [0.2, 0.25) is 0 Å². The van der Waals surface area contributed by atoms with Crippen LogP contribution in [-0.2, 0) is 19.3 Å². The number of hydrogen-bond acceptors (Lipinski definition) is 4. The molecule has 0 spiro atoms. The molecule has 1 heterocycles. The smallest absolute Gasteiger partial charge is 0.416 e. The molecule has 8 heteroatoms. The molecule has 1 aromatic heterocycles. The number of halogens is 4. The van der Waals surface area contributed by atoms with E-state index < -0.39 is 11.7 Å². The monoisotopic (exact) mass is 426 g/mol. The molecule has 0 aliphatic rings. The van der Waals surface area contributed by atoms with Crippen molar-refractivity contribution in [3.63, 3.8) is 0 Å². The van der Waals surface area contributed by atoms with Gasteiger partial charge in [0, 0.05) is 35.7 Å². The lowest BCUT2D eigenvalue weighted by Gasteiger charge is -2.22. The average Bonchev–Trinajstić information content (AvgIpc) is 3.16. The van der Waals surface area contributed by atoms with Crippen molar-refractivity contribution in [2.75, 3.05) is 13.2 Å². The molecule has 0 radical (unpaired) electrons. The van der Waals surface area contributed by atoms with Crippen LogP contribution in [0.4, 0.5) is 13.2 Å². The van der Waals surface area contributed by atoms with Crippen molar-refractivity contribution < 1.29 is 17.9 Å². The fourth-order valence-electron chi connectivity index (χ4n) is 2.65. The molecule has 0 aliphatic carbocycles.